The van der Waals surface area contributed by atoms with Gasteiger partial charge in [-0.3, -0.25) is 0 Å². The van der Waals surface area contributed by atoms with Crippen LogP contribution < -0.4 is 0 Å². The van der Waals surface area contributed by atoms with E-state index in [-0.39, 0.29) is 13.0 Å². The van der Waals surface area contributed by atoms with Gasteiger partial charge in [-0.05, 0) is 38.5 Å². The van der Waals surface area contributed by atoms with Gasteiger partial charge in [0.2, 0.25) is 0 Å². The molecule has 3 atom stereocenters. The van der Waals surface area contributed by atoms with Gasteiger partial charge in [0.25, 0.3) is 0 Å². The van der Waals surface area contributed by atoms with Gasteiger partial charge in [-0.15, -0.1) is 0 Å². The zero-order valence-corrected chi connectivity index (χ0v) is 9.74. The number of hydrogen-bond donors (Lipinski definition) is 0. The maximum Gasteiger partial charge on any atom is 0.402 e. The molecular formula is C11H14F6O. The lowest BCUT2D eigenvalue weighted by Crippen LogP contribution is -2.49. The Labute approximate surface area is 100 Å². The highest BCUT2D eigenvalue weighted by Gasteiger charge is 2.68. The summed E-state index contributed by atoms with van der Waals surface area (Å²) in [7, 11) is 0. The zero-order valence-electron chi connectivity index (χ0n) is 9.74. The van der Waals surface area contributed by atoms with Crippen molar-refractivity contribution >= 4 is 0 Å². The summed E-state index contributed by atoms with van der Waals surface area (Å²) in [5, 5.41) is 0. The highest BCUT2D eigenvalue weighted by Crippen LogP contribution is 2.56. The average molecular weight is 276 g/mol. The van der Waals surface area contributed by atoms with E-state index in [0.29, 0.717) is 12.8 Å². The highest BCUT2D eigenvalue weighted by molar-refractivity contribution is 4.97. The predicted molar refractivity (Wildman–Crippen MR) is 50.8 cm³/mol. The van der Waals surface area contributed by atoms with E-state index in [4.69, 9.17) is 4.74 Å². The van der Waals surface area contributed by atoms with E-state index in [1.807, 2.05) is 0 Å². The van der Waals surface area contributed by atoms with Crippen LogP contribution in [0.15, 0.2) is 0 Å². The monoisotopic (exact) mass is 276 g/mol. The fraction of sp³-hybridized carbons (Fsp3) is 1.00. The largest absolute Gasteiger partial charge is 0.402 e. The van der Waals surface area contributed by atoms with Crippen LogP contribution in [-0.4, -0.2) is 24.6 Å². The second-order valence-electron chi connectivity index (χ2n) is 5.40. The minimum Gasteiger partial charge on any atom is -0.375 e. The molecule has 2 heterocycles. The molecule has 0 N–H and O–H groups in total. The van der Waals surface area contributed by atoms with Crippen molar-refractivity contribution in [3.05, 3.63) is 0 Å². The molecule has 0 aromatic rings. The first-order valence-electron chi connectivity index (χ1n) is 5.83. The van der Waals surface area contributed by atoms with Crippen LogP contribution in [-0.2, 0) is 4.74 Å². The maximum atomic E-state index is 12.7. The van der Waals surface area contributed by atoms with Gasteiger partial charge in [0, 0.05) is 0 Å². The Kier molecular flexibility index (Phi) is 3.11. The molecule has 0 amide bonds. The first-order valence-corrected chi connectivity index (χ1v) is 5.83. The van der Waals surface area contributed by atoms with Gasteiger partial charge >= 0.3 is 12.4 Å². The van der Waals surface area contributed by atoms with E-state index in [1.165, 1.54) is 0 Å². The molecule has 0 saturated carbocycles. The molecule has 2 aliphatic rings. The van der Waals surface area contributed by atoms with E-state index >= 15 is 0 Å². The summed E-state index contributed by atoms with van der Waals surface area (Å²) in [5.74, 6) is -0.642. The predicted octanol–water partition coefficient (Wildman–Crippen LogP) is 4.07. The summed E-state index contributed by atoms with van der Waals surface area (Å²) < 4.78 is 81.7. The van der Waals surface area contributed by atoms with Gasteiger partial charge in [0.05, 0.1) is 12.2 Å². The quantitative estimate of drug-likeness (QED) is 0.691. The Bertz CT molecular complexity index is 306. The fourth-order valence-electron chi connectivity index (χ4n) is 2.87. The number of rotatable bonds is 2. The van der Waals surface area contributed by atoms with Crippen LogP contribution in [0.4, 0.5) is 26.3 Å². The first kappa shape index (κ1) is 14.0. The second-order valence-corrected chi connectivity index (χ2v) is 5.40. The Morgan fingerprint density at radius 3 is 1.89 bits per heavy atom. The second kappa shape index (κ2) is 4.02. The lowest BCUT2D eigenvalue weighted by atomic mass is 9.74. The Morgan fingerprint density at radius 2 is 1.56 bits per heavy atom. The molecule has 0 aliphatic carbocycles. The first-order chi connectivity index (χ1) is 8.04. The van der Waals surface area contributed by atoms with E-state index in [1.54, 1.807) is 0 Å². The molecule has 0 spiro atoms. The summed E-state index contributed by atoms with van der Waals surface area (Å²) in [6.45, 7) is 0.249. The van der Waals surface area contributed by atoms with Crippen molar-refractivity contribution in [2.75, 3.05) is 0 Å². The van der Waals surface area contributed by atoms with Crippen molar-refractivity contribution in [3.8, 4) is 0 Å². The van der Waals surface area contributed by atoms with Gasteiger partial charge in [-0.2, -0.15) is 26.3 Å². The molecule has 2 rings (SSSR count). The number of halogens is 6. The van der Waals surface area contributed by atoms with Crippen LogP contribution in [0.25, 0.3) is 0 Å². The fourth-order valence-corrected chi connectivity index (χ4v) is 2.87. The molecule has 18 heavy (non-hydrogen) atoms. The van der Waals surface area contributed by atoms with Crippen molar-refractivity contribution in [1.82, 2.24) is 0 Å². The summed E-state index contributed by atoms with van der Waals surface area (Å²) in [6, 6.07) is 0. The van der Waals surface area contributed by atoms with E-state index in [9.17, 15) is 26.3 Å². The van der Waals surface area contributed by atoms with Gasteiger partial charge in [0.1, 0.15) is 0 Å². The molecule has 7 heteroatoms. The number of ether oxygens (including phenoxy) is 1. The molecule has 0 aromatic heterocycles. The molecular weight excluding hydrogens is 262 g/mol. The van der Waals surface area contributed by atoms with Crippen LogP contribution in [0, 0.1) is 11.3 Å². The molecule has 0 radical (unpaired) electrons. The molecule has 3 unspecified atom stereocenters. The topological polar surface area (TPSA) is 9.23 Å². The third kappa shape index (κ3) is 2.10. The van der Waals surface area contributed by atoms with Crippen LogP contribution >= 0.6 is 0 Å². The summed E-state index contributed by atoms with van der Waals surface area (Å²) >= 11 is 0. The van der Waals surface area contributed by atoms with Crippen LogP contribution in [0.1, 0.15) is 32.6 Å². The molecule has 1 nitrogen and oxygen atoms in total. The van der Waals surface area contributed by atoms with E-state index in [0.717, 1.165) is 6.42 Å². The molecule has 2 fully saturated rings. The lowest BCUT2D eigenvalue weighted by Gasteiger charge is -2.37. The smallest absolute Gasteiger partial charge is 0.375 e. The molecule has 0 aromatic carbocycles. The third-order valence-corrected chi connectivity index (χ3v) is 4.15. The van der Waals surface area contributed by atoms with Crippen LogP contribution in [0.5, 0.6) is 0 Å². The Morgan fingerprint density at radius 1 is 1.00 bits per heavy atom. The zero-order chi connectivity index (χ0) is 13.8. The standard InChI is InChI=1S/C11H14F6O/c1-9(10(12,13)14,11(15,16)17)5-6-4-7-2-3-8(6)18-7/h6-8H,2-5H2,1H3. The third-order valence-electron chi connectivity index (χ3n) is 4.15. The van der Waals surface area contributed by atoms with Crippen molar-refractivity contribution in [2.45, 2.75) is 57.2 Å². The van der Waals surface area contributed by atoms with Crippen molar-refractivity contribution < 1.29 is 31.1 Å². The summed E-state index contributed by atoms with van der Waals surface area (Å²) in [5.41, 5.74) is -3.64. The number of fused-ring (bicyclic) bond motifs is 2. The van der Waals surface area contributed by atoms with Crippen LogP contribution in [0.3, 0.4) is 0 Å². The number of hydrogen-bond acceptors (Lipinski definition) is 1. The summed E-state index contributed by atoms with van der Waals surface area (Å²) in [4.78, 5) is 0. The van der Waals surface area contributed by atoms with E-state index < -0.39 is 36.2 Å². The lowest BCUT2D eigenvalue weighted by molar-refractivity contribution is -0.340. The normalized spacial score (nSPS) is 33.2. The minimum absolute atomic E-state index is 0.147. The van der Waals surface area contributed by atoms with Crippen LogP contribution in [0.2, 0.25) is 0 Å². The highest BCUT2D eigenvalue weighted by atomic mass is 19.4. The van der Waals surface area contributed by atoms with Crippen molar-refractivity contribution in [2.24, 2.45) is 11.3 Å². The minimum atomic E-state index is -5.28. The molecule has 2 bridgehead atoms. The van der Waals surface area contributed by atoms with E-state index in [2.05, 4.69) is 0 Å². The van der Waals surface area contributed by atoms with Gasteiger partial charge in [-0.1, -0.05) is 0 Å². The van der Waals surface area contributed by atoms with Gasteiger partial charge in [-0.25, -0.2) is 0 Å². The Balaban J connectivity index is 2.17. The molecule has 106 valence electrons. The van der Waals surface area contributed by atoms with Gasteiger partial charge < -0.3 is 4.74 Å². The average Bonchev–Trinajstić information content (AvgIpc) is 2.75. The van der Waals surface area contributed by atoms with Crippen molar-refractivity contribution in [1.29, 1.82) is 0 Å². The van der Waals surface area contributed by atoms with Gasteiger partial charge in [0.15, 0.2) is 5.41 Å². The summed E-state index contributed by atoms with van der Waals surface area (Å²) in [6.07, 6.45) is -10.4. The SMILES string of the molecule is CC(CC1CC2CCC1O2)(C(F)(F)F)C(F)(F)F. The van der Waals surface area contributed by atoms with Crippen molar-refractivity contribution in [3.63, 3.8) is 0 Å². The Hall–Kier alpha value is -0.460. The maximum absolute atomic E-state index is 12.7. The number of alkyl halides is 6. The molecule has 2 aliphatic heterocycles. The molecule has 2 saturated heterocycles.